The van der Waals surface area contributed by atoms with Crippen LogP contribution in [0.2, 0.25) is 0 Å². The van der Waals surface area contributed by atoms with Gasteiger partial charge in [-0.1, -0.05) is 19.9 Å². The summed E-state index contributed by atoms with van der Waals surface area (Å²) < 4.78 is 0. The SMILES string of the molecule is CCN1CCC(C)C(NC(=O)c2ccc3c(c2)CC(C(=O)NO)CC3)CC1. The fourth-order valence-corrected chi connectivity index (χ4v) is 4.30. The normalized spacial score (nSPS) is 26.0. The Hall–Kier alpha value is -1.92. The molecule has 6 heteroatoms. The van der Waals surface area contributed by atoms with Crippen LogP contribution < -0.4 is 10.8 Å². The molecule has 1 heterocycles. The Bertz CT molecular complexity index is 691. The molecule has 27 heavy (non-hydrogen) atoms. The first kappa shape index (κ1) is 19.8. The molecule has 1 aliphatic heterocycles. The highest BCUT2D eigenvalue weighted by molar-refractivity contribution is 5.94. The zero-order valence-corrected chi connectivity index (χ0v) is 16.3. The summed E-state index contributed by atoms with van der Waals surface area (Å²) in [7, 11) is 0. The van der Waals surface area contributed by atoms with Crippen molar-refractivity contribution in [1.29, 1.82) is 0 Å². The summed E-state index contributed by atoms with van der Waals surface area (Å²) in [6.45, 7) is 7.57. The van der Waals surface area contributed by atoms with Gasteiger partial charge in [0.2, 0.25) is 5.91 Å². The average molecular weight is 373 g/mol. The number of hydrogen-bond donors (Lipinski definition) is 3. The van der Waals surface area contributed by atoms with Crippen molar-refractivity contribution in [3.05, 3.63) is 34.9 Å². The maximum absolute atomic E-state index is 12.8. The van der Waals surface area contributed by atoms with Gasteiger partial charge in [-0.15, -0.1) is 0 Å². The number of rotatable bonds is 4. The van der Waals surface area contributed by atoms with Crippen LogP contribution in [0.5, 0.6) is 0 Å². The second-order valence-electron chi connectivity index (χ2n) is 7.97. The molecule has 3 unspecified atom stereocenters. The number of carbonyl (C=O) groups excluding carboxylic acids is 2. The lowest BCUT2D eigenvalue weighted by Crippen LogP contribution is -2.39. The van der Waals surface area contributed by atoms with Crippen molar-refractivity contribution in [1.82, 2.24) is 15.7 Å². The first-order valence-corrected chi connectivity index (χ1v) is 10.1. The van der Waals surface area contributed by atoms with Crippen LogP contribution in [0.25, 0.3) is 0 Å². The molecule has 148 valence electrons. The molecule has 6 nitrogen and oxygen atoms in total. The van der Waals surface area contributed by atoms with Crippen molar-refractivity contribution in [2.75, 3.05) is 19.6 Å². The van der Waals surface area contributed by atoms with Gasteiger partial charge in [-0.05, 0) is 74.4 Å². The van der Waals surface area contributed by atoms with E-state index in [1.54, 1.807) is 5.48 Å². The molecule has 1 aromatic carbocycles. The van der Waals surface area contributed by atoms with Crippen molar-refractivity contribution in [3.63, 3.8) is 0 Å². The summed E-state index contributed by atoms with van der Waals surface area (Å²) in [4.78, 5) is 27.0. The number of carbonyl (C=O) groups is 2. The van der Waals surface area contributed by atoms with E-state index in [-0.39, 0.29) is 23.8 Å². The molecular weight excluding hydrogens is 342 g/mol. The van der Waals surface area contributed by atoms with Gasteiger partial charge in [0.15, 0.2) is 0 Å². The molecule has 1 fully saturated rings. The molecule has 1 aromatic rings. The number of aryl methyl sites for hydroxylation is 1. The summed E-state index contributed by atoms with van der Waals surface area (Å²) in [5.74, 6) is -0.153. The van der Waals surface area contributed by atoms with Crippen LogP contribution in [0.15, 0.2) is 18.2 Å². The minimum atomic E-state index is -0.344. The molecule has 2 amide bonds. The van der Waals surface area contributed by atoms with Crippen molar-refractivity contribution >= 4 is 11.8 Å². The van der Waals surface area contributed by atoms with Crippen molar-refractivity contribution in [2.24, 2.45) is 11.8 Å². The molecule has 1 aliphatic carbocycles. The Kier molecular flexibility index (Phi) is 6.50. The van der Waals surface area contributed by atoms with Gasteiger partial charge in [-0.3, -0.25) is 14.8 Å². The zero-order valence-electron chi connectivity index (χ0n) is 16.3. The molecule has 0 aromatic heterocycles. The van der Waals surface area contributed by atoms with Crippen LogP contribution in [0.4, 0.5) is 0 Å². The van der Waals surface area contributed by atoms with Gasteiger partial charge in [0.1, 0.15) is 0 Å². The van der Waals surface area contributed by atoms with Gasteiger partial charge in [0, 0.05) is 24.1 Å². The van der Waals surface area contributed by atoms with Crippen LogP contribution in [0.3, 0.4) is 0 Å². The molecule has 0 bridgehead atoms. The van der Waals surface area contributed by atoms with Gasteiger partial charge in [-0.2, -0.15) is 0 Å². The molecule has 1 saturated heterocycles. The minimum absolute atomic E-state index is 0.0340. The molecular formula is C21H31N3O3. The van der Waals surface area contributed by atoms with Gasteiger partial charge >= 0.3 is 0 Å². The topological polar surface area (TPSA) is 81.7 Å². The maximum atomic E-state index is 12.8. The number of hydrogen-bond acceptors (Lipinski definition) is 4. The van der Waals surface area contributed by atoms with E-state index in [1.165, 1.54) is 5.56 Å². The molecule has 0 saturated carbocycles. The summed E-state index contributed by atoms with van der Waals surface area (Å²) in [5.41, 5.74) is 4.63. The van der Waals surface area contributed by atoms with Crippen LogP contribution in [-0.2, 0) is 17.6 Å². The molecule has 3 rings (SSSR count). The Morgan fingerprint density at radius 3 is 2.70 bits per heavy atom. The van der Waals surface area contributed by atoms with E-state index >= 15 is 0 Å². The monoisotopic (exact) mass is 373 g/mol. The Morgan fingerprint density at radius 2 is 1.96 bits per heavy atom. The number of benzene rings is 1. The highest BCUT2D eigenvalue weighted by atomic mass is 16.5. The van der Waals surface area contributed by atoms with E-state index in [9.17, 15) is 9.59 Å². The molecule has 0 radical (unpaired) electrons. The van der Waals surface area contributed by atoms with Gasteiger partial charge in [0.25, 0.3) is 5.91 Å². The fraction of sp³-hybridized carbons (Fsp3) is 0.619. The third-order valence-corrected chi connectivity index (χ3v) is 6.29. The number of nitrogens with zero attached hydrogens (tertiary/aromatic N) is 1. The average Bonchev–Trinajstić information content (AvgIpc) is 2.88. The molecule has 3 N–H and O–H groups in total. The second kappa shape index (κ2) is 8.85. The van der Waals surface area contributed by atoms with Gasteiger partial charge in [0.05, 0.1) is 0 Å². The molecule has 0 spiro atoms. The maximum Gasteiger partial charge on any atom is 0.251 e. The lowest BCUT2D eigenvalue weighted by atomic mass is 9.82. The molecule has 3 atom stereocenters. The van der Waals surface area contributed by atoms with Gasteiger partial charge < -0.3 is 10.2 Å². The number of nitrogens with one attached hydrogen (secondary N) is 2. The van der Waals surface area contributed by atoms with E-state index in [4.69, 9.17) is 5.21 Å². The molecule has 2 aliphatic rings. The minimum Gasteiger partial charge on any atom is -0.349 e. The Labute approximate surface area is 161 Å². The quantitative estimate of drug-likeness (QED) is 0.558. The van der Waals surface area contributed by atoms with E-state index in [1.807, 2.05) is 18.2 Å². The van der Waals surface area contributed by atoms with Crippen LogP contribution in [-0.4, -0.2) is 47.6 Å². The summed E-state index contributed by atoms with van der Waals surface area (Å²) in [6.07, 6.45) is 4.15. The number of likely N-dealkylation sites (tertiary alicyclic amines) is 1. The van der Waals surface area contributed by atoms with Crippen molar-refractivity contribution < 1.29 is 14.8 Å². The summed E-state index contributed by atoms with van der Waals surface area (Å²) >= 11 is 0. The highest BCUT2D eigenvalue weighted by Gasteiger charge is 2.27. The Morgan fingerprint density at radius 1 is 1.19 bits per heavy atom. The lowest BCUT2D eigenvalue weighted by Gasteiger charge is -2.25. The predicted octanol–water partition coefficient (Wildman–Crippen LogP) is 2.15. The van der Waals surface area contributed by atoms with Crippen LogP contribution >= 0.6 is 0 Å². The van der Waals surface area contributed by atoms with E-state index in [2.05, 4.69) is 24.1 Å². The third kappa shape index (κ3) is 4.68. The van der Waals surface area contributed by atoms with Crippen LogP contribution in [0.1, 0.15) is 54.6 Å². The number of amides is 2. The third-order valence-electron chi connectivity index (χ3n) is 6.29. The first-order chi connectivity index (χ1) is 13.0. The first-order valence-electron chi connectivity index (χ1n) is 10.1. The largest absolute Gasteiger partial charge is 0.349 e. The van der Waals surface area contributed by atoms with Gasteiger partial charge in [-0.25, -0.2) is 5.48 Å². The van der Waals surface area contributed by atoms with E-state index in [0.29, 0.717) is 17.9 Å². The summed E-state index contributed by atoms with van der Waals surface area (Å²) in [5, 5.41) is 12.1. The lowest BCUT2D eigenvalue weighted by molar-refractivity contribution is -0.133. The Balaban J connectivity index is 1.68. The summed E-state index contributed by atoms with van der Waals surface area (Å²) in [6, 6.07) is 6.01. The zero-order chi connectivity index (χ0) is 19.4. The van der Waals surface area contributed by atoms with Crippen LogP contribution in [0, 0.1) is 11.8 Å². The van der Waals surface area contributed by atoms with E-state index < -0.39 is 0 Å². The van der Waals surface area contributed by atoms with Crippen molar-refractivity contribution in [3.8, 4) is 0 Å². The smallest absolute Gasteiger partial charge is 0.251 e. The van der Waals surface area contributed by atoms with E-state index in [0.717, 1.165) is 50.9 Å². The predicted molar refractivity (Wildman–Crippen MR) is 104 cm³/mol. The highest BCUT2D eigenvalue weighted by Crippen LogP contribution is 2.27. The number of hydroxylamine groups is 1. The standard InChI is InChI=1S/C21H31N3O3/c1-3-24-10-8-14(2)19(9-11-24)22-20(25)16-6-4-15-5-7-17(21(26)23-27)13-18(15)12-16/h4,6,12,14,17,19,27H,3,5,7-11,13H2,1-2H3,(H,22,25)(H,23,26). The number of fused-ring (bicyclic) bond motifs is 1. The van der Waals surface area contributed by atoms with Crippen molar-refractivity contribution in [2.45, 2.75) is 52.0 Å². The second-order valence-corrected chi connectivity index (χ2v) is 7.97. The fourth-order valence-electron chi connectivity index (χ4n) is 4.30.